The van der Waals surface area contributed by atoms with Gasteiger partial charge in [-0.2, -0.15) is 0 Å². The van der Waals surface area contributed by atoms with Gasteiger partial charge in [-0.1, -0.05) is 11.8 Å². The van der Waals surface area contributed by atoms with Crippen LogP contribution in [0.3, 0.4) is 0 Å². The van der Waals surface area contributed by atoms with E-state index in [-0.39, 0.29) is 10.8 Å². The summed E-state index contributed by atoms with van der Waals surface area (Å²) in [5.74, 6) is 1.71. The summed E-state index contributed by atoms with van der Waals surface area (Å²) in [7, 11) is 0. The molecule has 22 heavy (non-hydrogen) atoms. The molecule has 8 heteroatoms. The highest BCUT2D eigenvalue weighted by Crippen LogP contribution is 2.33. The molecule has 0 aliphatic heterocycles. The van der Waals surface area contributed by atoms with Gasteiger partial charge in [-0.3, -0.25) is 4.79 Å². The lowest BCUT2D eigenvalue weighted by Crippen LogP contribution is -2.12. The van der Waals surface area contributed by atoms with Crippen LogP contribution in [0.4, 0.5) is 0 Å². The van der Waals surface area contributed by atoms with Crippen LogP contribution >= 0.6 is 11.8 Å². The Hall–Kier alpha value is -2.35. The van der Waals surface area contributed by atoms with Crippen LogP contribution in [-0.4, -0.2) is 20.2 Å². The average molecular weight is 318 g/mol. The zero-order valence-electron chi connectivity index (χ0n) is 12.3. The fourth-order valence-corrected chi connectivity index (χ4v) is 2.72. The maximum absolute atomic E-state index is 11.5. The van der Waals surface area contributed by atoms with Crippen LogP contribution in [0.2, 0.25) is 0 Å². The molecule has 1 N–H and O–H groups in total. The van der Waals surface area contributed by atoms with Crippen molar-refractivity contribution in [1.29, 1.82) is 0 Å². The van der Waals surface area contributed by atoms with Gasteiger partial charge in [-0.05, 0) is 26.8 Å². The quantitative estimate of drug-likeness (QED) is 0.738. The van der Waals surface area contributed by atoms with Gasteiger partial charge in [-0.25, -0.2) is 4.98 Å². The molecule has 3 heterocycles. The van der Waals surface area contributed by atoms with Gasteiger partial charge in [0.25, 0.3) is 16.7 Å². The Morgan fingerprint density at radius 3 is 2.82 bits per heavy atom. The largest absolute Gasteiger partial charge is 0.469 e. The van der Waals surface area contributed by atoms with E-state index in [1.54, 1.807) is 19.3 Å². The third-order valence-corrected chi connectivity index (χ3v) is 3.99. The predicted octanol–water partition coefficient (Wildman–Crippen LogP) is 2.88. The number of hydrogen-bond acceptors (Lipinski definition) is 7. The highest BCUT2D eigenvalue weighted by molar-refractivity contribution is 7.99. The average Bonchev–Trinajstić information content (AvgIpc) is 3.06. The van der Waals surface area contributed by atoms with Gasteiger partial charge in [0.15, 0.2) is 0 Å². The van der Waals surface area contributed by atoms with Crippen LogP contribution < -0.4 is 5.56 Å². The van der Waals surface area contributed by atoms with E-state index in [0.717, 1.165) is 11.3 Å². The first-order valence-electron chi connectivity index (χ1n) is 6.65. The van der Waals surface area contributed by atoms with E-state index in [4.69, 9.17) is 8.83 Å². The Morgan fingerprint density at radius 1 is 1.32 bits per heavy atom. The number of aromatic amines is 1. The zero-order chi connectivity index (χ0) is 15.7. The lowest BCUT2D eigenvalue weighted by molar-refractivity contribution is 0.462. The second-order valence-electron chi connectivity index (χ2n) is 4.80. The van der Waals surface area contributed by atoms with E-state index in [1.807, 2.05) is 13.8 Å². The molecule has 0 aromatic carbocycles. The highest BCUT2D eigenvalue weighted by Gasteiger charge is 2.17. The predicted molar refractivity (Wildman–Crippen MR) is 80.6 cm³/mol. The van der Waals surface area contributed by atoms with E-state index in [1.165, 1.54) is 17.8 Å². The molecule has 1 atom stereocenters. The number of aromatic nitrogens is 4. The van der Waals surface area contributed by atoms with E-state index in [9.17, 15) is 4.79 Å². The monoisotopic (exact) mass is 318 g/mol. The van der Waals surface area contributed by atoms with Crippen LogP contribution in [0.25, 0.3) is 11.5 Å². The molecular weight excluding hydrogens is 304 g/mol. The molecule has 0 aliphatic rings. The van der Waals surface area contributed by atoms with Crippen molar-refractivity contribution in [2.75, 3.05) is 0 Å². The first-order valence-corrected chi connectivity index (χ1v) is 7.53. The van der Waals surface area contributed by atoms with Gasteiger partial charge in [0.05, 0.1) is 17.1 Å². The fraction of sp³-hybridized carbons (Fsp3) is 0.286. The lowest BCUT2D eigenvalue weighted by atomic mass is 10.3. The number of furan rings is 1. The minimum absolute atomic E-state index is 0.119. The summed E-state index contributed by atoms with van der Waals surface area (Å²) in [5, 5.41) is 8.31. The van der Waals surface area contributed by atoms with Gasteiger partial charge >= 0.3 is 0 Å². The SMILES string of the molecule is Cc1cc(=O)[nH]c(C(C)Sc2nnc(-c3ccoc3C)o2)n1. The van der Waals surface area contributed by atoms with Crippen molar-refractivity contribution in [1.82, 2.24) is 20.2 Å². The summed E-state index contributed by atoms with van der Waals surface area (Å²) in [5.41, 5.74) is 1.27. The Balaban J connectivity index is 1.80. The van der Waals surface area contributed by atoms with E-state index >= 15 is 0 Å². The standard InChI is InChI=1S/C14H14N4O3S/c1-7-6-11(19)16-12(15-7)9(3)22-14-18-17-13(21-14)10-4-5-20-8(10)2/h4-6,9H,1-3H3,(H,15,16,19). The summed E-state index contributed by atoms with van der Waals surface area (Å²) in [6.07, 6.45) is 1.58. The van der Waals surface area contributed by atoms with Gasteiger partial charge in [0.1, 0.15) is 11.6 Å². The summed E-state index contributed by atoms with van der Waals surface area (Å²) in [4.78, 5) is 18.5. The molecule has 1 unspecified atom stereocenters. The number of nitrogens with zero attached hydrogens (tertiary/aromatic N) is 3. The molecule has 0 fully saturated rings. The lowest BCUT2D eigenvalue weighted by Gasteiger charge is -2.07. The maximum atomic E-state index is 11.5. The molecule has 3 aromatic rings. The molecule has 0 spiro atoms. The summed E-state index contributed by atoms with van der Waals surface area (Å²) in [6, 6.07) is 3.23. The minimum atomic E-state index is -0.171. The minimum Gasteiger partial charge on any atom is -0.469 e. The van der Waals surface area contributed by atoms with Crippen molar-refractivity contribution in [2.45, 2.75) is 31.2 Å². The fourth-order valence-electron chi connectivity index (χ4n) is 1.97. The van der Waals surface area contributed by atoms with Gasteiger partial charge in [0, 0.05) is 11.8 Å². The van der Waals surface area contributed by atoms with E-state index < -0.39 is 0 Å². The first kappa shape index (κ1) is 14.6. The molecule has 7 nitrogen and oxygen atoms in total. The molecule has 0 bridgehead atoms. The molecule has 0 aliphatic carbocycles. The van der Waals surface area contributed by atoms with Gasteiger partial charge in [0.2, 0.25) is 0 Å². The Labute approximate surface area is 130 Å². The molecule has 114 valence electrons. The third kappa shape index (κ3) is 2.96. The van der Waals surface area contributed by atoms with Crippen LogP contribution in [0.1, 0.15) is 29.5 Å². The summed E-state index contributed by atoms with van der Waals surface area (Å²) >= 11 is 1.33. The van der Waals surface area contributed by atoms with Crippen molar-refractivity contribution in [3.8, 4) is 11.5 Å². The van der Waals surface area contributed by atoms with Crippen LogP contribution in [-0.2, 0) is 0 Å². The summed E-state index contributed by atoms with van der Waals surface area (Å²) < 4.78 is 10.8. The third-order valence-electron chi connectivity index (χ3n) is 3.05. The highest BCUT2D eigenvalue weighted by atomic mass is 32.2. The van der Waals surface area contributed by atoms with Crippen molar-refractivity contribution in [3.63, 3.8) is 0 Å². The Bertz CT molecular complexity index is 852. The first-order chi connectivity index (χ1) is 10.5. The Kier molecular flexibility index (Phi) is 3.84. The number of H-pyrrole nitrogens is 1. The molecule has 0 amide bonds. The van der Waals surface area contributed by atoms with E-state index in [2.05, 4.69) is 20.2 Å². The molecule has 3 aromatic heterocycles. The van der Waals surface area contributed by atoms with Crippen LogP contribution in [0.15, 0.2) is 37.2 Å². The number of thioether (sulfide) groups is 1. The second-order valence-corrected chi connectivity index (χ2v) is 6.09. The van der Waals surface area contributed by atoms with Crippen LogP contribution in [0, 0.1) is 13.8 Å². The number of nitrogens with one attached hydrogen (secondary N) is 1. The topological polar surface area (TPSA) is 97.8 Å². The van der Waals surface area contributed by atoms with E-state index in [0.29, 0.717) is 22.6 Å². The number of aryl methyl sites for hydroxylation is 2. The Morgan fingerprint density at radius 2 is 2.14 bits per heavy atom. The van der Waals surface area contributed by atoms with Crippen molar-refractivity contribution in [2.24, 2.45) is 0 Å². The smallest absolute Gasteiger partial charge is 0.277 e. The van der Waals surface area contributed by atoms with Gasteiger partial charge in [-0.15, -0.1) is 10.2 Å². The normalized spacial score (nSPS) is 12.5. The van der Waals surface area contributed by atoms with Crippen molar-refractivity contribution in [3.05, 3.63) is 46.0 Å². The molecule has 0 radical (unpaired) electrons. The second kappa shape index (κ2) is 5.80. The molecular formula is C14H14N4O3S. The maximum Gasteiger partial charge on any atom is 0.277 e. The number of rotatable bonds is 4. The van der Waals surface area contributed by atoms with Crippen molar-refractivity contribution < 1.29 is 8.83 Å². The van der Waals surface area contributed by atoms with Crippen molar-refractivity contribution >= 4 is 11.8 Å². The molecule has 3 rings (SSSR count). The van der Waals surface area contributed by atoms with Gasteiger partial charge < -0.3 is 13.8 Å². The molecule has 0 saturated heterocycles. The molecule has 0 saturated carbocycles. The number of hydrogen-bond donors (Lipinski definition) is 1. The summed E-state index contributed by atoms with van der Waals surface area (Å²) in [6.45, 7) is 5.52. The van der Waals surface area contributed by atoms with Crippen LogP contribution in [0.5, 0.6) is 0 Å². The zero-order valence-corrected chi connectivity index (χ0v) is 13.1.